The van der Waals surface area contributed by atoms with Gasteiger partial charge < -0.3 is 22.9 Å². The van der Waals surface area contributed by atoms with Gasteiger partial charge in [-0.2, -0.15) is 0 Å². The van der Waals surface area contributed by atoms with Gasteiger partial charge in [-0.05, 0) is 87.5 Å². The Balaban J connectivity index is 1.65. The van der Waals surface area contributed by atoms with E-state index in [0.29, 0.717) is 6.42 Å². The predicted octanol–water partition coefficient (Wildman–Crippen LogP) is 8.74. The average molecular weight is 577 g/mol. The van der Waals surface area contributed by atoms with E-state index in [9.17, 15) is 0 Å². The molecule has 0 saturated carbocycles. The quantitative estimate of drug-likeness (QED) is 0.154. The number of benzene rings is 5. The molecule has 1 aliphatic carbocycles. The molecule has 8 N–H and O–H groups in total. The second-order valence-corrected chi connectivity index (χ2v) is 12.1. The Hall–Kier alpha value is -5.26. The molecule has 210 valence electrons. The van der Waals surface area contributed by atoms with Crippen LogP contribution >= 0.6 is 11.3 Å². The van der Waals surface area contributed by atoms with Crippen LogP contribution < -0.4 is 22.9 Å². The SMILES string of the molecule is NC1=CCC(c2c(-c3ccc(N)cc3)sc(-c3ccc(N)cc3)c2-c2ccc(N)cc2)(c2cccc3ccccc23)C=C1. The minimum Gasteiger partial charge on any atom is -0.399 e. The first-order valence-electron chi connectivity index (χ1n) is 14.3. The summed E-state index contributed by atoms with van der Waals surface area (Å²) in [4.78, 5) is 2.35. The molecule has 1 unspecified atom stereocenters. The molecule has 0 aliphatic heterocycles. The fraction of sp³-hybridized carbons (Fsp3) is 0.0526. The number of thiophene rings is 1. The molecule has 0 spiro atoms. The molecule has 1 aromatic heterocycles. The summed E-state index contributed by atoms with van der Waals surface area (Å²) in [5.41, 5.74) is 34.3. The number of anilines is 3. The monoisotopic (exact) mass is 576 g/mol. The van der Waals surface area contributed by atoms with Gasteiger partial charge in [-0.3, -0.25) is 0 Å². The van der Waals surface area contributed by atoms with E-state index in [2.05, 4.69) is 97.1 Å². The molecule has 0 radical (unpaired) electrons. The summed E-state index contributed by atoms with van der Waals surface area (Å²) in [7, 11) is 0. The van der Waals surface area contributed by atoms with E-state index >= 15 is 0 Å². The van der Waals surface area contributed by atoms with E-state index in [1.54, 1.807) is 11.3 Å². The first-order chi connectivity index (χ1) is 20.9. The van der Waals surface area contributed by atoms with Crippen LogP contribution in [0.4, 0.5) is 17.1 Å². The summed E-state index contributed by atoms with van der Waals surface area (Å²) in [6.45, 7) is 0. The second-order valence-electron chi connectivity index (χ2n) is 11.1. The van der Waals surface area contributed by atoms with E-state index in [-0.39, 0.29) is 0 Å². The van der Waals surface area contributed by atoms with Crippen LogP contribution in [0.25, 0.3) is 42.8 Å². The third kappa shape index (κ3) is 4.64. The molecule has 0 fully saturated rings. The summed E-state index contributed by atoms with van der Waals surface area (Å²) < 4.78 is 0. The zero-order chi connectivity index (χ0) is 29.6. The van der Waals surface area contributed by atoms with E-state index in [4.69, 9.17) is 22.9 Å². The molecule has 6 aromatic rings. The highest BCUT2D eigenvalue weighted by atomic mass is 32.1. The third-order valence-corrected chi connectivity index (χ3v) is 9.68. The number of nitrogen functional groups attached to an aromatic ring is 3. The molecular formula is C38H32N4S. The lowest BCUT2D eigenvalue weighted by molar-refractivity contribution is 0.654. The summed E-state index contributed by atoms with van der Waals surface area (Å²) in [6, 6.07) is 39.8. The Kier molecular flexibility index (Phi) is 6.52. The maximum atomic E-state index is 6.40. The van der Waals surface area contributed by atoms with Gasteiger partial charge in [-0.25, -0.2) is 0 Å². The molecule has 1 atom stereocenters. The molecule has 0 amide bonds. The van der Waals surface area contributed by atoms with E-state index in [0.717, 1.165) is 39.4 Å². The Bertz CT molecular complexity index is 2010. The number of nitrogens with two attached hydrogens (primary N) is 4. The minimum absolute atomic E-state index is 0.514. The van der Waals surface area contributed by atoms with Crippen LogP contribution in [0.3, 0.4) is 0 Å². The predicted molar refractivity (Wildman–Crippen MR) is 185 cm³/mol. The molecule has 5 heteroatoms. The van der Waals surface area contributed by atoms with Crippen LogP contribution in [-0.4, -0.2) is 0 Å². The lowest BCUT2D eigenvalue weighted by atomic mass is 9.66. The normalized spacial score (nSPS) is 16.3. The summed E-state index contributed by atoms with van der Waals surface area (Å²) >= 11 is 1.80. The molecule has 4 nitrogen and oxygen atoms in total. The maximum Gasteiger partial charge on any atom is 0.0447 e. The van der Waals surface area contributed by atoms with Crippen LogP contribution in [0, 0.1) is 0 Å². The average Bonchev–Trinajstić information content (AvgIpc) is 3.44. The van der Waals surface area contributed by atoms with Gasteiger partial charge >= 0.3 is 0 Å². The smallest absolute Gasteiger partial charge is 0.0447 e. The first-order valence-corrected chi connectivity index (χ1v) is 15.1. The van der Waals surface area contributed by atoms with E-state index in [1.807, 2.05) is 36.4 Å². The number of rotatable bonds is 5. The van der Waals surface area contributed by atoms with Gasteiger partial charge in [0, 0.05) is 43.5 Å². The first kappa shape index (κ1) is 26.6. The Morgan fingerprint density at radius 3 is 1.72 bits per heavy atom. The summed E-state index contributed by atoms with van der Waals surface area (Å²) in [5, 5.41) is 2.42. The van der Waals surface area contributed by atoms with Crippen molar-refractivity contribution in [2.75, 3.05) is 17.2 Å². The standard InChI is InChI=1S/C38H32N4S/c39-28-14-8-25(9-15-28)34-35(37(27-12-18-30(41)19-13-27)43-36(34)26-10-16-29(40)17-11-26)38(22-20-31(42)21-23-38)33-7-3-5-24-4-1-2-6-32(24)33/h1-22H,23,39-42H2. The highest BCUT2D eigenvalue weighted by Crippen LogP contribution is 2.56. The van der Waals surface area contributed by atoms with Crippen molar-refractivity contribution in [1.29, 1.82) is 0 Å². The molecule has 1 aliphatic rings. The zero-order valence-corrected chi connectivity index (χ0v) is 24.4. The highest BCUT2D eigenvalue weighted by molar-refractivity contribution is 7.19. The van der Waals surface area contributed by atoms with Crippen LogP contribution in [0.5, 0.6) is 0 Å². The van der Waals surface area contributed by atoms with Crippen molar-refractivity contribution in [3.05, 3.63) is 150 Å². The lowest BCUT2D eigenvalue weighted by Crippen LogP contribution is -2.28. The maximum absolute atomic E-state index is 6.40. The fourth-order valence-electron chi connectivity index (χ4n) is 6.25. The number of allylic oxidation sites excluding steroid dienone is 3. The minimum atomic E-state index is -0.514. The van der Waals surface area contributed by atoms with Gasteiger partial charge in [-0.1, -0.05) is 91.0 Å². The molecule has 7 rings (SSSR count). The van der Waals surface area contributed by atoms with Gasteiger partial charge in [0.2, 0.25) is 0 Å². The van der Waals surface area contributed by atoms with E-state index in [1.165, 1.54) is 37.2 Å². The van der Waals surface area contributed by atoms with Crippen molar-refractivity contribution in [3.63, 3.8) is 0 Å². The summed E-state index contributed by atoms with van der Waals surface area (Å²) in [6.07, 6.45) is 7.24. The van der Waals surface area contributed by atoms with Crippen molar-refractivity contribution < 1.29 is 0 Å². The van der Waals surface area contributed by atoms with Gasteiger partial charge in [0.1, 0.15) is 0 Å². The van der Waals surface area contributed by atoms with Gasteiger partial charge in [-0.15, -0.1) is 11.3 Å². The van der Waals surface area contributed by atoms with Crippen LogP contribution in [0.15, 0.2) is 139 Å². The third-order valence-electron chi connectivity index (χ3n) is 8.39. The summed E-state index contributed by atoms with van der Waals surface area (Å²) in [5.74, 6) is 0. The van der Waals surface area contributed by atoms with Crippen molar-refractivity contribution in [3.8, 4) is 32.0 Å². The Morgan fingerprint density at radius 1 is 0.558 bits per heavy atom. The highest BCUT2D eigenvalue weighted by Gasteiger charge is 2.40. The molecule has 0 bridgehead atoms. The largest absolute Gasteiger partial charge is 0.399 e. The fourth-order valence-corrected chi connectivity index (χ4v) is 7.67. The topological polar surface area (TPSA) is 104 Å². The molecule has 43 heavy (non-hydrogen) atoms. The van der Waals surface area contributed by atoms with Gasteiger partial charge in [0.25, 0.3) is 0 Å². The van der Waals surface area contributed by atoms with Crippen LogP contribution in [-0.2, 0) is 5.41 Å². The van der Waals surface area contributed by atoms with Gasteiger partial charge in [0.15, 0.2) is 0 Å². The van der Waals surface area contributed by atoms with Crippen molar-refractivity contribution >= 4 is 39.2 Å². The number of hydrogen-bond acceptors (Lipinski definition) is 5. The van der Waals surface area contributed by atoms with Gasteiger partial charge in [0.05, 0.1) is 0 Å². The molecule has 1 heterocycles. The zero-order valence-electron chi connectivity index (χ0n) is 23.6. The van der Waals surface area contributed by atoms with Crippen molar-refractivity contribution in [2.45, 2.75) is 11.8 Å². The number of hydrogen-bond donors (Lipinski definition) is 4. The Morgan fingerprint density at radius 2 is 1.12 bits per heavy atom. The van der Waals surface area contributed by atoms with Crippen LogP contribution in [0.2, 0.25) is 0 Å². The van der Waals surface area contributed by atoms with E-state index < -0.39 is 5.41 Å². The number of fused-ring (bicyclic) bond motifs is 1. The van der Waals surface area contributed by atoms with Crippen LogP contribution in [0.1, 0.15) is 17.5 Å². The van der Waals surface area contributed by atoms with Crippen molar-refractivity contribution in [2.24, 2.45) is 5.73 Å². The Labute approximate surface area is 255 Å². The molecular weight excluding hydrogens is 545 g/mol. The van der Waals surface area contributed by atoms with Crippen molar-refractivity contribution in [1.82, 2.24) is 0 Å². The molecule has 5 aromatic carbocycles. The molecule has 0 saturated heterocycles. The lowest BCUT2D eigenvalue weighted by Gasteiger charge is -2.36. The second kappa shape index (κ2) is 10.5.